The maximum Gasteiger partial charge on any atom is 0.435 e. The van der Waals surface area contributed by atoms with Gasteiger partial charge < -0.3 is 0 Å². The van der Waals surface area contributed by atoms with E-state index < -0.39 is 11.9 Å². The van der Waals surface area contributed by atoms with E-state index in [1.165, 1.54) is 17.8 Å². The molecule has 0 N–H and O–H groups in total. The highest BCUT2D eigenvalue weighted by Crippen LogP contribution is 2.34. The molecule has 0 bridgehead atoms. The minimum Gasteiger partial charge on any atom is -0.267 e. The van der Waals surface area contributed by atoms with Gasteiger partial charge in [-0.1, -0.05) is 15.9 Å². The standard InChI is InChI=1S/C9H6BrF3N2/c1-15-7-3-2-5(10)4-6(7)8(14-15)9(11,12)13/h2-4H,1H3. The van der Waals surface area contributed by atoms with Crippen molar-refractivity contribution in [3.8, 4) is 0 Å². The Morgan fingerprint density at radius 3 is 2.60 bits per heavy atom. The molecular weight excluding hydrogens is 273 g/mol. The molecule has 2 rings (SSSR count). The molecule has 6 heteroatoms. The van der Waals surface area contributed by atoms with Gasteiger partial charge in [-0.25, -0.2) is 0 Å². The number of rotatable bonds is 0. The Balaban J connectivity index is 2.81. The van der Waals surface area contributed by atoms with Gasteiger partial charge in [-0.05, 0) is 18.2 Å². The lowest BCUT2D eigenvalue weighted by atomic mass is 10.2. The molecule has 0 aliphatic rings. The van der Waals surface area contributed by atoms with Gasteiger partial charge >= 0.3 is 6.18 Å². The molecule has 0 fully saturated rings. The molecule has 2 aromatic rings. The Labute approximate surface area is 91.8 Å². The fourth-order valence-electron chi connectivity index (χ4n) is 1.45. The number of aromatic nitrogens is 2. The first-order valence-electron chi connectivity index (χ1n) is 4.09. The summed E-state index contributed by atoms with van der Waals surface area (Å²) in [7, 11) is 1.49. The lowest BCUT2D eigenvalue weighted by Gasteiger charge is -2.01. The van der Waals surface area contributed by atoms with Crippen LogP contribution in [0.5, 0.6) is 0 Å². The molecule has 0 spiro atoms. The number of benzene rings is 1. The minimum absolute atomic E-state index is 0.111. The van der Waals surface area contributed by atoms with Crippen molar-refractivity contribution in [3.63, 3.8) is 0 Å². The Morgan fingerprint density at radius 2 is 2.00 bits per heavy atom. The van der Waals surface area contributed by atoms with Crippen molar-refractivity contribution in [2.45, 2.75) is 6.18 Å². The van der Waals surface area contributed by atoms with Crippen molar-refractivity contribution in [1.29, 1.82) is 0 Å². The molecule has 15 heavy (non-hydrogen) atoms. The summed E-state index contributed by atoms with van der Waals surface area (Å²) in [6, 6.07) is 4.71. The molecule has 1 aromatic heterocycles. The van der Waals surface area contributed by atoms with Gasteiger partial charge in [0.1, 0.15) is 0 Å². The number of fused-ring (bicyclic) bond motifs is 1. The molecule has 0 radical (unpaired) electrons. The van der Waals surface area contributed by atoms with Crippen LogP contribution >= 0.6 is 15.9 Å². The average molecular weight is 279 g/mol. The first-order valence-corrected chi connectivity index (χ1v) is 4.88. The molecule has 1 aromatic carbocycles. The second-order valence-corrected chi connectivity index (χ2v) is 4.05. The summed E-state index contributed by atoms with van der Waals surface area (Å²) < 4.78 is 39.5. The van der Waals surface area contributed by atoms with Crippen molar-refractivity contribution in [2.75, 3.05) is 0 Å². The SMILES string of the molecule is Cn1nc(C(F)(F)F)c2cc(Br)ccc21. The van der Waals surface area contributed by atoms with E-state index in [0.29, 0.717) is 9.99 Å². The summed E-state index contributed by atoms with van der Waals surface area (Å²) >= 11 is 3.14. The predicted molar refractivity (Wildman–Crippen MR) is 53.4 cm³/mol. The normalized spacial score (nSPS) is 12.3. The zero-order valence-electron chi connectivity index (χ0n) is 7.64. The topological polar surface area (TPSA) is 17.8 Å². The second kappa shape index (κ2) is 3.23. The third kappa shape index (κ3) is 1.73. The monoisotopic (exact) mass is 278 g/mol. The summed E-state index contributed by atoms with van der Waals surface area (Å²) in [6.45, 7) is 0. The van der Waals surface area contributed by atoms with E-state index >= 15 is 0 Å². The first kappa shape index (κ1) is 10.5. The largest absolute Gasteiger partial charge is 0.435 e. The minimum atomic E-state index is -4.42. The van der Waals surface area contributed by atoms with Crippen LogP contribution in [0.4, 0.5) is 13.2 Å². The molecular formula is C9H6BrF3N2. The van der Waals surface area contributed by atoms with Gasteiger partial charge in [0.15, 0.2) is 5.69 Å². The summed E-state index contributed by atoms with van der Waals surface area (Å²) in [5.41, 5.74) is -0.383. The van der Waals surface area contributed by atoms with E-state index in [-0.39, 0.29) is 5.39 Å². The lowest BCUT2D eigenvalue weighted by molar-refractivity contribution is -0.140. The zero-order chi connectivity index (χ0) is 11.2. The quantitative estimate of drug-likeness (QED) is 0.723. The molecule has 0 aliphatic carbocycles. The number of hydrogen-bond donors (Lipinski definition) is 0. The van der Waals surface area contributed by atoms with Crippen LogP contribution < -0.4 is 0 Å². The number of nitrogens with zero attached hydrogens (tertiary/aromatic N) is 2. The van der Waals surface area contributed by atoms with Crippen LogP contribution in [0.15, 0.2) is 22.7 Å². The first-order chi connectivity index (χ1) is 6.89. The van der Waals surface area contributed by atoms with Gasteiger partial charge in [0, 0.05) is 16.9 Å². The zero-order valence-corrected chi connectivity index (χ0v) is 9.22. The number of hydrogen-bond acceptors (Lipinski definition) is 1. The van der Waals surface area contributed by atoms with Crippen LogP contribution in [0.2, 0.25) is 0 Å². The summed E-state index contributed by atoms with van der Waals surface area (Å²) in [5.74, 6) is 0. The molecule has 80 valence electrons. The molecule has 0 amide bonds. The van der Waals surface area contributed by atoms with Crippen LogP contribution in [0.1, 0.15) is 5.69 Å². The van der Waals surface area contributed by atoms with E-state index in [0.717, 1.165) is 0 Å². The number of halogens is 4. The Hall–Kier alpha value is -1.04. The Morgan fingerprint density at radius 1 is 1.33 bits per heavy atom. The molecule has 0 atom stereocenters. The highest BCUT2D eigenvalue weighted by Gasteiger charge is 2.36. The molecule has 0 saturated carbocycles. The van der Waals surface area contributed by atoms with Crippen LogP contribution in [0, 0.1) is 0 Å². The summed E-state index contributed by atoms with van der Waals surface area (Å²) in [4.78, 5) is 0. The lowest BCUT2D eigenvalue weighted by Crippen LogP contribution is -2.07. The third-order valence-corrected chi connectivity index (χ3v) is 2.57. The second-order valence-electron chi connectivity index (χ2n) is 3.13. The van der Waals surface area contributed by atoms with Crippen molar-refractivity contribution in [2.24, 2.45) is 7.05 Å². The van der Waals surface area contributed by atoms with Crippen molar-refractivity contribution in [3.05, 3.63) is 28.4 Å². The molecule has 2 nitrogen and oxygen atoms in total. The number of alkyl halides is 3. The van der Waals surface area contributed by atoms with Gasteiger partial charge in [0.05, 0.1) is 5.52 Å². The van der Waals surface area contributed by atoms with E-state index in [1.54, 1.807) is 12.1 Å². The third-order valence-electron chi connectivity index (χ3n) is 2.08. The van der Waals surface area contributed by atoms with Crippen molar-refractivity contribution >= 4 is 26.8 Å². The fourth-order valence-corrected chi connectivity index (χ4v) is 1.81. The van der Waals surface area contributed by atoms with E-state index in [1.807, 2.05) is 0 Å². The molecule has 1 heterocycles. The molecule has 0 unspecified atom stereocenters. The van der Waals surface area contributed by atoms with Crippen LogP contribution in [-0.4, -0.2) is 9.78 Å². The molecule has 0 aliphatic heterocycles. The molecule has 0 saturated heterocycles. The van der Waals surface area contributed by atoms with Gasteiger partial charge in [-0.15, -0.1) is 0 Å². The van der Waals surface area contributed by atoms with E-state index in [2.05, 4.69) is 21.0 Å². The van der Waals surface area contributed by atoms with E-state index in [4.69, 9.17) is 0 Å². The maximum absolute atomic E-state index is 12.6. The van der Waals surface area contributed by atoms with Crippen LogP contribution in [0.25, 0.3) is 10.9 Å². The highest BCUT2D eigenvalue weighted by atomic mass is 79.9. The smallest absolute Gasteiger partial charge is 0.267 e. The van der Waals surface area contributed by atoms with Gasteiger partial charge in [0.2, 0.25) is 0 Å². The van der Waals surface area contributed by atoms with Gasteiger partial charge in [0.25, 0.3) is 0 Å². The fraction of sp³-hybridized carbons (Fsp3) is 0.222. The van der Waals surface area contributed by atoms with Crippen molar-refractivity contribution in [1.82, 2.24) is 9.78 Å². The van der Waals surface area contributed by atoms with Crippen LogP contribution in [-0.2, 0) is 13.2 Å². The van der Waals surface area contributed by atoms with Crippen molar-refractivity contribution < 1.29 is 13.2 Å². The highest BCUT2D eigenvalue weighted by molar-refractivity contribution is 9.10. The van der Waals surface area contributed by atoms with E-state index in [9.17, 15) is 13.2 Å². The van der Waals surface area contributed by atoms with Gasteiger partial charge in [-0.2, -0.15) is 18.3 Å². The Bertz CT molecular complexity index is 516. The summed E-state index contributed by atoms with van der Waals surface area (Å²) in [5, 5.41) is 3.58. The number of aryl methyl sites for hydroxylation is 1. The Kier molecular flexibility index (Phi) is 2.26. The van der Waals surface area contributed by atoms with Crippen LogP contribution in [0.3, 0.4) is 0 Å². The average Bonchev–Trinajstić information content (AvgIpc) is 2.42. The maximum atomic E-state index is 12.6. The summed E-state index contributed by atoms with van der Waals surface area (Å²) in [6.07, 6.45) is -4.42. The predicted octanol–water partition coefficient (Wildman–Crippen LogP) is 3.35. The van der Waals surface area contributed by atoms with Gasteiger partial charge in [-0.3, -0.25) is 4.68 Å².